The molecule has 0 radical (unpaired) electrons. The highest BCUT2D eigenvalue weighted by Gasteiger charge is 1.89. The molecule has 0 fully saturated rings. The first-order valence-corrected chi connectivity index (χ1v) is 5.62. The van der Waals surface area contributed by atoms with Crippen LogP contribution in [0.2, 0.25) is 5.02 Å². The van der Waals surface area contributed by atoms with Gasteiger partial charge in [-0.25, -0.2) is 0 Å². The molecule has 0 nitrogen and oxygen atoms in total. The van der Waals surface area contributed by atoms with Crippen LogP contribution in [0.4, 0.5) is 0 Å². The molecular weight excluding hydrogens is 216 g/mol. The van der Waals surface area contributed by atoms with Crippen LogP contribution >= 0.6 is 11.6 Å². The summed E-state index contributed by atoms with van der Waals surface area (Å²) in [5.41, 5.74) is 3.65. The molecule has 0 aliphatic carbocycles. The Bertz CT molecular complexity index is 495. The Labute approximate surface area is 101 Å². The van der Waals surface area contributed by atoms with E-state index in [9.17, 15) is 0 Å². The van der Waals surface area contributed by atoms with Crippen LogP contribution in [0, 0.1) is 6.92 Å². The smallest absolute Gasteiger partial charge is 0.0406 e. The fourth-order valence-electron chi connectivity index (χ4n) is 1.54. The average Bonchev–Trinajstić information content (AvgIpc) is 2.28. The SMILES string of the molecule is Cc1cccc(/C=C\c2ccc(Cl)cc2)c1. The van der Waals surface area contributed by atoms with Crippen molar-refractivity contribution in [2.45, 2.75) is 6.92 Å². The van der Waals surface area contributed by atoms with Crippen molar-refractivity contribution in [1.82, 2.24) is 0 Å². The highest BCUT2D eigenvalue weighted by atomic mass is 35.5. The lowest BCUT2D eigenvalue weighted by atomic mass is 10.1. The van der Waals surface area contributed by atoms with E-state index in [1.165, 1.54) is 11.1 Å². The van der Waals surface area contributed by atoms with Gasteiger partial charge in [-0.3, -0.25) is 0 Å². The fourth-order valence-corrected chi connectivity index (χ4v) is 1.67. The molecule has 0 saturated heterocycles. The van der Waals surface area contributed by atoms with Crippen LogP contribution in [0.5, 0.6) is 0 Å². The van der Waals surface area contributed by atoms with E-state index < -0.39 is 0 Å². The van der Waals surface area contributed by atoms with Crippen LogP contribution in [0.3, 0.4) is 0 Å². The number of aryl methyl sites for hydroxylation is 1. The lowest BCUT2D eigenvalue weighted by Crippen LogP contribution is -1.75. The van der Waals surface area contributed by atoms with E-state index in [0.29, 0.717) is 0 Å². The van der Waals surface area contributed by atoms with Crippen molar-refractivity contribution in [3.8, 4) is 0 Å². The molecule has 0 N–H and O–H groups in total. The van der Waals surface area contributed by atoms with Gasteiger partial charge < -0.3 is 0 Å². The molecule has 0 amide bonds. The van der Waals surface area contributed by atoms with Crippen molar-refractivity contribution in [3.05, 3.63) is 70.2 Å². The highest BCUT2D eigenvalue weighted by molar-refractivity contribution is 6.30. The molecule has 0 heterocycles. The van der Waals surface area contributed by atoms with E-state index in [0.717, 1.165) is 10.6 Å². The van der Waals surface area contributed by atoms with Crippen LogP contribution in [-0.2, 0) is 0 Å². The summed E-state index contributed by atoms with van der Waals surface area (Å²) in [6.45, 7) is 2.10. The van der Waals surface area contributed by atoms with E-state index >= 15 is 0 Å². The fraction of sp³-hybridized carbons (Fsp3) is 0.0667. The molecule has 2 aromatic carbocycles. The van der Waals surface area contributed by atoms with Gasteiger partial charge in [0.1, 0.15) is 0 Å². The molecule has 0 aliphatic rings. The zero-order valence-electron chi connectivity index (χ0n) is 9.15. The largest absolute Gasteiger partial charge is 0.0843 e. The van der Waals surface area contributed by atoms with Crippen molar-refractivity contribution >= 4 is 23.8 Å². The topological polar surface area (TPSA) is 0 Å². The molecule has 0 unspecified atom stereocenters. The Morgan fingerprint density at radius 2 is 1.56 bits per heavy atom. The van der Waals surface area contributed by atoms with Crippen LogP contribution in [-0.4, -0.2) is 0 Å². The maximum Gasteiger partial charge on any atom is 0.0406 e. The summed E-state index contributed by atoms with van der Waals surface area (Å²) < 4.78 is 0. The van der Waals surface area contributed by atoms with Gasteiger partial charge in [0.05, 0.1) is 0 Å². The molecule has 0 saturated carbocycles. The molecule has 80 valence electrons. The van der Waals surface area contributed by atoms with Crippen LogP contribution in [0.15, 0.2) is 48.5 Å². The first-order chi connectivity index (χ1) is 7.74. The molecule has 2 aromatic rings. The maximum atomic E-state index is 5.83. The molecule has 0 aliphatic heterocycles. The minimum atomic E-state index is 0.771. The molecule has 0 atom stereocenters. The van der Waals surface area contributed by atoms with Crippen molar-refractivity contribution in [3.63, 3.8) is 0 Å². The Morgan fingerprint density at radius 1 is 0.875 bits per heavy atom. The van der Waals surface area contributed by atoms with Crippen molar-refractivity contribution in [1.29, 1.82) is 0 Å². The third-order valence-corrected chi connectivity index (χ3v) is 2.63. The quantitative estimate of drug-likeness (QED) is 0.647. The lowest BCUT2D eigenvalue weighted by Gasteiger charge is -1.96. The highest BCUT2D eigenvalue weighted by Crippen LogP contribution is 2.13. The molecule has 2 rings (SSSR count). The maximum absolute atomic E-state index is 5.83. The molecular formula is C15H13Cl. The Kier molecular flexibility index (Phi) is 3.43. The summed E-state index contributed by atoms with van der Waals surface area (Å²) >= 11 is 5.83. The van der Waals surface area contributed by atoms with Crippen molar-refractivity contribution in [2.75, 3.05) is 0 Å². The van der Waals surface area contributed by atoms with E-state index in [4.69, 9.17) is 11.6 Å². The summed E-state index contributed by atoms with van der Waals surface area (Å²) in [6, 6.07) is 16.2. The Balaban J connectivity index is 2.18. The molecule has 0 aromatic heterocycles. The van der Waals surface area contributed by atoms with E-state index in [-0.39, 0.29) is 0 Å². The average molecular weight is 229 g/mol. The van der Waals surface area contributed by atoms with Crippen molar-refractivity contribution in [2.24, 2.45) is 0 Å². The van der Waals surface area contributed by atoms with Gasteiger partial charge in [0.15, 0.2) is 0 Å². The van der Waals surface area contributed by atoms with Gasteiger partial charge in [-0.2, -0.15) is 0 Å². The summed E-state index contributed by atoms with van der Waals surface area (Å²) in [4.78, 5) is 0. The number of hydrogen-bond acceptors (Lipinski definition) is 0. The summed E-state index contributed by atoms with van der Waals surface area (Å²) in [6.07, 6.45) is 4.20. The van der Waals surface area contributed by atoms with Gasteiger partial charge in [0.2, 0.25) is 0 Å². The second kappa shape index (κ2) is 5.00. The summed E-state index contributed by atoms with van der Waals surface area (Å²) in [5, 5.41) is 0.771. The molecule has 16 heavy (non-hydrogen) atoms. The van der Waals surface area contributed by atoms with Crippen LogP contribution in [0.25, 0.3) is 12.2 Å². The number of benzene rings is 2. The first kappa shape index (κ1) is 11.0. The van der Waals surface area contributed by atoms with Crippen LogP contribution in [0.1, 0.15) is 16.7 Å². The molecule has 0 bridgehead atoms. The minimum Gasteiger partial charge on any atom is -0.0843 e. The zero-order valence-corrected chi connectivity index (χ0v) is 9.91. The number of rotatable bonds is 2. The van der Waals surface area contributed by atoms with Gasteiger partial charge in [-0.05, 0) is 30.2 Å². The third kappa shape index (κ3) is 2.98. The predicted molar refractivity (Wildman–Crippen MR) is 71.6 cm³/mol. The molecule has 1 heteroatoms. The van der Waals surface area contributed by atoms with Crippen molar-refractivity contribution < 1.29 is 0 Å². The molecule has 0 spiro atoms. The summed E-state index contributed by atoms with van der Waals surface area (Å²) in [7, 11) is 0. The van der Waals surface area contributed by atoms with E-state index in [2.05, 4.69) is 43.3 Å². The predicted octanol–water partition coefficient (Wildman–Crippen LogP) is 4.82. The Hall–Kier alpha value is -1.53. The van der Waals surface area contributed by atoms with Gasteiger partial charge in [-0.1, -0.05) is 65.7 Å². The van der Waals surface area contributed by atoms with Gasteiger partial charge in [-0.15, -0.1) is 0 Å². The van der Waals surface area contributed by atoms with Gasteiger partial charge >= 0.3 is 0 Å². The second-order valence-corrected chi connectivity index (χ2v) is 4.24. The van der Waals surface area contributed by atoms with Gasteiger partial charge in [0, 0.05) is 5.02 Å². The second-order valence-electron chi connectivity index (χ2n) is 3.80. The normalized spacial score (nSPS) is 10.9. The standard InChI is InChI=1S/C15H13Cl/c1-12-3-2-4-14(11-12)6-5-13-7-9-15(16)10-8-13/h2-11H,1H3/b6-5-. The monoisotopic (exact) mass is 228 g/mol. The van der Waals surface area contributed by atoms with E-state index in [1.54, 1.807) is 0 Å². The first-order valence-electron chi connectivity index (χ1n) is 5.24. The van der Waals surface area contributed by atoms with E-state index in [1.807, 2.05) is 24.3 Å². The Morgan fingerprint density at radius 3 is 2.25 bits per heavy atom. The third-order valence-electron chi connectivity index (χ3n) is 2.38. The lowest BCUT2D eigenvalue weighted by molar-refractivity contribution is 1.46. The zero-order chi connectivity index (χ0) is 11.4. The number of hydrogen-bond donors (Lipinski definition) is 0. The van der Waals surface area contributed by atoms with Crippen LogP contribution < -0.4 is 0 Å². The number of halogens is 1. The minimum absolute atomic E-state index is 0.771. The summed E-state index contributed by atoms with van der Waals surface area (Å²) in [5.74, 6) is 0. The van der Waals surface area contributed by atoms with Gasteiger partial charge in [0.25, 0.3) is 0 Å².